The molecular weight excluding hydrogens is 442 g/mol. The van der Waals surface area contributed by atoms with Gasteiger partial charge in [-0.05, 0) is 91.4 Å². The van der Waals surface area contributed by atoms with Crippen molar-refractivity contribution >= 4 is 12.1 Å². The van der Waals surface area contributed by atoms with Gasteiger partial charge < -0.3 is 14.4 Å². The second kappa shape index (κ2) is 11.3. The first-order valence-corrected chi connectivity index (χ1v) is 13.0. The van der Waals surface area contributed by atoms with E-state index in [2.05, 4.69) is 34.9 Å². The first-order valence-electron chi connectivity index (χ1n) is 13.0. The first kappa shape index (κ1) is 27.5. The van der Waals surface area contributed by atoms with Crippen LogP contribution in [0.5, 0.6) is 0 Å². The molecule has 0 aromatic heterocycles. The number of ether oxygens (including phenoxy) is 2. The lowest BCUT2D eigenvalue weighted by molar-refractivity contribution is -0.156. The van der Waals surface area contributed by atoms with Gasteiger partial charge in [0, 0.05) is 32.7 Å². The number of aryl methyl sites for hydroxylation is 1. The molecule has 0 aliphatic carbocycles. The highest BCUT2D eigenvalue weighted by Crippen LogP contribution is 2.32. The van der Waals surface area contributed by atoms with Crippen LogP contribution in [0.15, 0.2) is 18.2 Å². The van der Waals surface area contributed by atoms with Crippen LogP contribution in [0.25, 0.3) is 0 Å². The van der Waals surface area contributed by atoms with Crippen molar-refractivity contribution in [1.82, 2.24) is 14.7 Å². The molecule has 0 radical (unpaired) electrons. The number of carbonyl (C=O) groups excluding carboxylic acids is 2. The summed E-state index contributed by atoms with van der Waals surface area (Å²) in [5.74, 6) is 0.362. The summed E-state index contributed by atoms with van der Waals surface area (Å²) in [7, 11) is 0. The Morgan fingerprint density at radius 3 is 2.03 bits per heavy atom. The van der Waals surface area contributed by atoms with Gasteiger partial charge in [-0.1, -0.05) is 23.8 Å². The summed E-state index contributed by atoms with van der Waals surface area (Å²) in [6.45, 7) is 19.8. The van der Waals surface area contributed by atoms with Crippen LogP contribution >= 0.6 is 0 Å². The molecule has 0 atom stereocenters. The molecule has 7 heteroatoms. The molecule has 3 rings (SSSR count). The first-order chi connectivity index (χ1) is 16.3. The molecule has 1 aromatic rings. The Morgan fingerprint density at radius 2 is 1.46 bits per heavy atom. The number of benzene rings is 1. The monoisotopic (exact) mass is 487 g/mol. The molecule has 0 saturated carbocycles. The minimum absolute atomic E-state index is 0.141. The number of hydrogen-bond donors (Lipinski definition) is 0. The molecule has 0 N–H and O–H groups in total. The summed E-state index contributed by atoms with van der Waals surface area (Å²) in [5.41, 5.74) is 3.20. The standard InChI is InChI=1S/C28H45N3O4/c1-21-8-9-23(19-30-14-16-31(17-15-30)26(33)35-28(5,6)7)24(18-21)22-10-12-29(13-11-22)20-25(32)34-27(2,3)4/h8-9,18,22H,10-17,19-20H2,1-7H3. The van der Waals surface area contributed by atoms with Crippen molar-refractivity contribution < 1.29 is 19.1 Å². The lowest BCUT2D eigenvalue weighted by Crippen LogP contribution is -2.49. The molecule has 2 aliphatic rings. The lowest BCUT2D eigenvalue weighted by atomic mass is 9.85. The van der Waals surface area contributed by atoms with Gasteiger partial charge in [-0.3, -0.25) is 14.6 Å². The van der Waals surface area contributed by atoms with E-state index in [4.69, 9.17) is 9.47 Å². The number of hydrogen-bond acceptors (Lipinski definition) is 6. The number of esters is 1. The quantitative estimate of drug-likeness (QED) is 0.567. The summed E-state index contributed by atoms with van der Waals surface area (Å²) in [4.78, 5) is 31.1. The number of piperazine rings is 1. The molecule has 0 spiro atoms. The van der Waals surface area contributed by atoms with Crippen molar-refractivity contribution in [3.63, 3.8) is 0 Å². The number of likely N-dealkylation sites (tertiary alicyclic amines) is 1. The number of rotatable bonds is 5. The van der Waals surface area contributed by atoms with Gasteiger partial charge in [0.05, 0.1) is 6.54 Å². The maximum atomic E-state index is 12.4. The Labute approximate surface area is 211 Å². The summed E-state index contributed by atoms with van der Waals surface area (Å²) in [5, 5.41) is 0. The third-order valence-electron chi connectivity index (χ3n) is 6.52. The molecule has 2 aliphatic heterocycles. The largest absolute Gasteiger partial charge is 0.459 e. The average Bonchev–Trinajstić information content (AvgIpc) is 2.73. The van der Waals surface area contributed by atoms with E-state index in [-0.39, 0.29) is 12.1 Å². The Balaban J connectivity index is 1.55. The molecule has 1 amide bonds. The Hall–Kier alpha value is -2.12. The molecule has 2 fully saturated rings. The van der Waals surface area contributed by atoms with Crippen molar-refractivity contribution in [3.8, 4) is 0 Å². The van der Waals surface area contributed by atoms with Crippen LogP contribution in [0.2, 0.25) is 0 Å². The number of nitrogens with zero attached hydrogens (tertiary/aromatic N) is 3. The van der Waals surface area contributed by atoms with Crippen LogP contribution in [-0.4, -0.2) is 83.8 Å². The van der Waals surface area contributed by atoms with E-state index in [1.165, 1.54) is 16.7 Å². The van der Waals surface area contributed by atoms with Gasteiger partial charge in [-0.2, -0.15) is 0 Å². The third kappa shape index (κ3) is 8.80. The van der Waals surface area contributed by atoms with E-state index < -0.39 is 11.2 Å². The minimum Gasteiger partial charge on any atom is -0.459 e. The molecule has 0 unspecified atom stereocenters. The maximum absolute atomic E-state index is 12.4. The number of piperidine rings is 1. The van der Waals surface area contributed by atoms with Crippen molar-refractivity contribution in [2.45, 2.75) is 85.0 Å². The molecule has 2 saturated heterocycles. The van der Waals surface area contributed by atoms with Crippen LogP contribution in [0.4, 0.5) is 4.79 Å². The van der Waals surface area contributed by atoms with E-state index in [1.54, 1.807) is 0 Å². The zero-order chi connectivity index (χ0) is 25.8. The van der Waals surface area contributed by atoms with Crippen LogP contribution in [-0.2, 0) is 20.8 Å². The van der Waals surface area contributed by atoms with Crippen LogP contribution in [0, 0.1) is 6.92 Å². The van der Waals surface area contributed by atoms with Crippen LogP contribution in [0.3, 0.4) is 0 Å². The number of carbonyl (C=O) groups is 2. The van der Waals surface area contributed by atoms with Gasteiger partial charge in [0.1, 0.15) is 11.2 Å². The van der Waals surface area contributed by atoms with E-state index >= 15 is 0 Å². The van der Waals surface area contributed by atoms with Gasteiger partial charge in [0.25, 0.3) is 0 Å². The van der Waals surface area contributed by atoms with Crippen molar-refractivity contribution in [2.24, 2.45) is 0 Å². The van der Waals surface area contributed by atoms with E-state index in [1.807, 2.05) is 46.4 Å². The summed E-state index contributed by atoms with van der Waals surface area (Å²) in [6.07, 6.45) is 1.88. The predicted octanol–water partition coefficient (Wildman–Crippen LogP) is 4.57. The van der Waals surface area contributed by atoms with E-state index in [9.17, 15) is 9.59 Å². The molecule has 2 heterocycles. The summed E-state index contributed by atoms with van der Waals surface area (Å²) in [6, 6.07) is 6.83. The topological polar surface area (TPSA) is 62.3 Å². The highest BCUT2D eigenvalue weighted by atomic mass is 16.6. The molecule has 35 heavy (non-hydrogen) atoms. The Kier molecular flexibility index (Phi) is 8.86. The Bertz CT molecular complexity index is 871. The second-order valence-electron chi connectivity index (χ2n) is 12.1. The molecule has 196 valence electrons. The zero-order valence-electron chi connectivity index (χ0n) is 22.9. The highest BCUT2D eigenvalue weighted by molar-refractivity contribution is 5.72. The van der Waals surface area contributed by atoms with Crippen LogP contribution in [0.1, 0.15) is 77.0 Å². The minimum atomic E-state index is -0.465. The lowest BCUT2D eigenvalue weighted by Gasteiger charge is -2.37. The molecule has 1 aromatic carbocycles. The fraction of sp³-hybridized carbons (Fsp3) is 0.714. The smallest absolute Gasteiger partial charge is 0.410 e. The second-order valence-corrected chi connectivity index (χ2v) is 12.1. The van der Waals surface area contributed by atoms with Crippen molar-refractivity contribution in [1.29, 1.82) is 0 Å². The van der Waals surface area contributed by atoms with Gasteiger partial charge >= 0.3 is 12.1 Å². The molecular formula is C28H45N3O4. The summed E-state index contributed by atoms with van der Waals surface area (Å²) < 4.78 is 11.0. The fourth-order valence-corrected chi connectivity index (χ4v) is 4.85. The normalized spacial score (nSPS) is 19.0. The van der Waals surface area contributed by atoms with Crippen molar-refractivity contribution in [3.05, 3.63) is 34.9 Å². The maximum Gasteiger partial charge on any atom is 0.410 e. The Morgan fingerprint density at radius 1 is 0.857 bits per heavy atom. The molecule has 7 nitrogen and oxygen atoms in total. The third-order valence-corrected chi connectivity index (χ3v) is 6.52. The van der Waals surface area contributed by atoms with Gasteiger partial charge in [0.2, 0.25) is 0 Å². The highest BCUT2D eigenvalue weighted by Gasteiger charge is 2.28. The molecule has 0 bridgehead atoms. The predicted molar refractivity (Wildman–Crippen MR) is 139 cm³/mol. The van der Waals surface area contributed by atoms with Gasteiger partial charge in [-0.25, -0.2) is 4.79 Å². The summed E-state index contributed by atoms with van der Waals surface area (Å²) >= 11 is 0. The van der Waals surface area contributed by atoms with Crippen LogP contribution < -0.4 is 0 Å². The zero-order valence-corrected chi connectivity index (χ0v) is 22.9. The number of amides is 1. The fourth-order valence-electron chi connectivity index (χ4n) is 4.85. The van der Waals surface area contributed by atoms with Gasteiger partial charge in [-0.15, -0.1) is 0 Å². The van der Waals surface area contributed by atoms with Crippen molar-refractivity contribution in [2.75, 3.05) is 45.8 Å². The SMILES string of the molecule is Cc1ccc(CN2CCN(C(=O)OC(C)(C)C)CC2)c(C2CCN(CC(=O)OC(C)(C)C)CC2)c1. The van der Waals surface area contributed by atoms with E-state index in [0.29, 0.717) is 25.6 Å². The van der Waals surface area contributed by atoms with E-state index in [0.717, 1.165) is 45.6 Å². The average molecular weight is 488 g/mol. The van der Waals surface area contributed by atoms with Gasteiger partial charge in [0.15, 0.2) is 0 Å².